The Morgan fingerprint density at radius 3 is 2.94 bits per heavy atom. The minimum Gasteiger partial charge on any atom is -0.409 e. The second-order valence-corrected chi connectivity index (χ2v) is 6.43. The van der Waals surface area contributed by atoms with Crippen molar-refractivity contribution in [2.45, 2.75) is 43.0 Å². The molecule has 1 aromatic rings. The third-order valence-electron chi connectivity index (χ3n) is 3.19. The highest BCUT2D eigenvalue weighted by Gasteiger charge is 2.43. The third-order valence-corrected chi connectivity index (χ3v) is 4.34. The summed E-state index contributed by atoms with van der Waals surface area (Å²) in [6.45, 7) is 3.92. The SMILES string of the molecule is CC1(C)Sc2nc3c(n2/C1=N/O)C(=O)CCC3. The Kier molecular flexibility index (Phi) is 2.13. The smallest absolute Gasteiger partial charge is 0.181 e. The summed E-state index contributed by atoms with van der Waals surface area (Å²) >= 11 is 1.53. The molecule has 17 heavy (non-hydrogen) atoms. The van der Waals surface area contributed by atoms with E-state index in [0.717, 1.165) is 23.7 Å². The Bertz CT molecular complexity index is 545. The van der Waals surface area contributed by atoms with Gasteiger partial charge in [-0.05, 0) is 26.7 Å². The van der Waals surface area contributed by atoms with Crippen LogP contribution < -0.4 is 0 Å². The first-order valence-corrected chi connectivity index (χ1v) is 6.43. The molecule has 3 rings (SSSR count). The lowest BCUT2D eigenvalue weighted by Gasteiger charge is -2.18. The number of aryl methyl sites for hydroxylation is 1. The van der Waals surface area contributed by atoms with Crippen LogP contribution in [0.2, 0.25) is 0 Å². The van der Waals surface area contributed by atoms with Crippen molar-refractivity contribution in [1.29, 1.82) is 0 Å². The van der Waals surface area contributed by atoms with Crippen LogP contribution in [0.15, 0.2) is 10.3 Å². The highest BCUT2D eigenvalue weighted by atomic mass is 32.2. The molecule has 0 spiro atoms. The zero-order valence-corrected chi connectivity index (χ0v) is 10.5. The summed E-state index contributed by atoms with van der Waals surface area (Å²) in [5.74, 6) is 0.603. The summed E-state index contributed by atoms with van der Waals surface area (Å²) < 4.78 is 1.38. The maximum absolute atomic E-state index is 12.0. The van der Waals surface area contributed by atoms with Crippen LogP contribution in [0.3, 0.4) is 0 Å². The summed E-state index contributed by atoms with van der Waals surface area (Å²) in [6.07, 6.45) is 2.25. The van der Waals surface area contributed by atoms with Gasteiger partial charge in [0.05, 0.1) is 10.4 Å². The quantitative estimate of drug-likeness (QED) is 0.565. The average molecular weight is 251 g/mol. The standard InChI is InChI=1S/C11H13N3O2S/c1-11(2)9(13-16)14-8-6(12-10(14)17-11)4-3-5-7(8)15/h16H,3-5H2,1-2H3/b13-9+. The van der Waals surface area contributed by atoms with Crippen molar-refractivity contribution in [3.63, 3.8) is 0 Å². The number of rotatable bonds is 0. The fraction of sp³-hybridized carbons (Fsp3) is 0.545. The highest BCUT2D eigenvalue weighted by molar-refractivity contribution is 8.01. The molecular weight excluding hydrogens is 238 g/mol. The lowest BCUT2D eigenvalue weighted by molar-refractivity contribution is 0.0965. The van der Waals surface area contributed by atoms with Gasteiger partial charge in [-0.3, -0.25) is 9.36 Å². The minimum atomic E-state index is -0.343. The zero-order valence-electron chi connectivity index (χ0n) is 9.73. The van der Waals surface area contributed by atoms with Crippen molar-refractivity contribution in [2.75, 3.05) is 0 Å². The number of fused-ring (bicyclic) bond motifs is 3. The summed E-state index contributed by atoms with van der Waals surface area (Å²) in [5.41, 5.74) is 1.47. The number of hydrogen-bond donors (Lipinski definition) is 1. The molecule has 1 aromatic heterocycles. The molecule has 0 saturated carbocycles. The summed E-state index contributed by atoms with van der Waals surface area (Å²) in [6, 6.07) is 0. The van der Waals surface area contributed by atoms with Gasteiger partial charge in [-0.25, -0.2) is 4.98 Å². The molecule has 5 nitrogen and oxygen atoms in total. The molecule has 0 saturated heterocycles. The molecule has 2 aliphatic rings. The maximum Gasteiger partial charge on any atom is 0.181 e. The first-order valence-electron chi connectivity index (χ1n) is 5.61. The molecule has 0 radical (unpaired) electrons. The van der Waals surface area contributed by atoms with E-state index in [4.69, 9.17) is 5.21 Å². The van der Waals surface area contributed by atoms with Gasteiger partial charge < -0.3 is 5.21 Å². The van der Waals surface area contributed by atoms with Crippen LogP contribution in [-0.4, -0.2) is 31.1 Å². The van der Waals surface area contributed by atoms with E-state index in [2.05, 4.69) is 10.1 Å². The van der Waals surface area contributed by atoms with E-state index < -0.39 is 0 Å². The van der Waals surface area contributed by atoms with Gasteiger partial charge in [0.1, 0.15) is 5.69 Å². The van der Waals surface area contributed by atoms with E-state index in [1.54, 1.807) is 4.57 Å². The first-order chi connectivity index (χ1) is 8.04. The second-order valence-electron chi connectivity index (χ2n) is 4.84. The van der Waals surface area contributed by atoms with Crippen molar-refractivity contribution >= 4 is 23.4 Å². The van der Waals surface area contributed by atoms with E-state index in [-0.39, 0.29) is 10.5 Å². The van der Waals surface area contributed by atoms with E-state index in [0.29, 0.717) is 18.0 Å². The van der Waals surface area contributed by atoms with Crippen LogP contribution in [0.4, 0.5) is 0 Å². The number of carbonyl (C=O) groups is 1. The number of ketones is 1. The van der Waals surface area contributed by atoms with Crippen molar-refractivity contribution in [1.82, 2.24) is 9.55 Å². The average Bonchev–Trinajstić information content (AvgIpc) is 2.68. The van der Waals surface area contributed by atoms with Gasteiger partial charge in [-0.15, -0.1) is 0 Å². The molecule has 0 aromatic carbocycles. The van der Waals surface area contributed by atoms with Gasteiger partial charge >= 0.3 is 0 Å². The lowest BCUT2D eigenvalue weighted by atomic mass is 9.99. The van der Waals surface area contributed by atoms with Crippen molar-refractivity contribution in [2.24, 2.45) is 5.16 Å². The number of carbonyl (C=O) groups excluding carboxylic acids is 1. The molecule has 0 unspecified atom stereocenters. The lowest BCUT2D eigenvalue weighted by Crippen LogP contribution is -2.31. The molecule has 1 aliphatic heterocycles. The van der Waals surface area contributed by atoms with Crippen LogP contribution >= 0.6 is 11.8 Å². The predicted octanol–water partition coefficient (Wildman–Crippen LogP) is 1.92. The van der Waals surface area contributed by atoms with E-state index >= 15 is 0 Å². The monoisotopic (exact) mass is 251 g/mol. The Morgan fingerprint density at radius 2 is 2.24 bits per heavy atom. The molecule has 6 heteroatoms. The van der Waals surface area contributed by atoms with Crippen LogP contribution in [-0.2, 0) is 6.42 Å². The molecule has 2 heterocycles. The fourth-order valence-electron chi connectivity index (χ4n) is 2.41. The Balaban J connectivity index is 2.24. The second kappa shape index (κ2) is 3.35. The zero-order chi connectivity index (χ0) is 12.2. The molecule has 0 atom stereocenters. The van der Waals surface area contributed by atoms with Gasteiger partial charge in [-0.2, -0.15) is 0 Å². The van der Waals surface area contributed by atoms with Crippen LogP contribution in [0, 0.1) is 0 Å². The highest BCUT2D eigenvalue weighted by Crippen LogP contribution is 2.43. The number of imidazole rings is 1. The van der Waals surface area contributed by atoms with Crippen molar-refractivity contribution in [3.05, 3.63) is 11.4 Å². The van der Waals surface area contributed by atoms with Gasteiger partial charge in [0.15, 0.2) is 16.8 Å². The van der Waals surface area contributed by atoms with Gasteiger partial charge in [0, 0.05) is 6.42 Å². The van der Waals surface area contributed by atoms with Crippen molar-refractivity contribution in [3.8, 4) is 0 Å². The summed E-state index contributed by atoms with van der Waals surface area (Å²) in [7, 11) is 0. The number of thioether (sulfide) groups is 1. The largest absolute Gasteiger partial charge is 0.409 e. The molecule has 0 fully saturated rings. The Hall–Kier alpha value is -1.30. The summed E-state index contributed by atoms with van der Waals surface area (Å²) in [5, 5.41) is 13.3. The van der Waals surface area contributed by atoms with E-state index in [1.807, 2.05) is 13.8 Å². The molecule has 1 N–H and O–H groups in total. The Morgan fingerprint density at radius 1 is 1.47 bits per heavy atom. The maximum atomic E-state index is 12.0. The number of hydrogen-bond acceptors (Lipinski definition) is 5. The Labute approximate surface area is 103 Å². The topological polar surface area (TPSA) is 67.5 Å². The molecule has 0 bridgehead atoms. The molecular formula is C11H13N3O2S. The predicted molar refractivity (Wildman–Crippen MR) is 64.1 cm³/mol. The minimum absolute atomic E-state index is 0.101. The molecule has 1 aliphatic carbocycles. The number of nitrogens with zero attached hydrogens (tertiary/aromatic N) is 3. The van der Waals surface area contributed by atoms with E-state index in [1.165, 1.54) is 11.8 Å². The summed E-state index contributed by atoms with van der Waals surface area (Å²) in [4.78, 5) is 16.5. The number of Topliss-reactive ketones (excluding diaryl/α,β-unsaturated/α-hetero) is 1. The third kappa shape index (κ3) is 1.36. The first kappa shape index (κ1) is 10.8. The van der Waals surface area contributed by atoms with Crippen LogP contribution in [0.1, 0.15) is 42.9 Å². The number of aromatic nitrogens is 2. The van der Waals surface area contributed by atoms with E-state index in [9.17, 15) is 4.79 Å². The van der Waals surface area contributed by atoms with Gasteiger partial charge in [0.2, 0.25) is 0 Å². The molecule has 90 valence electrons. The fourth-order valence-corrected chi connectivity index (χ4v) is 3.52. The number of oxime groups is 1. The van der Waals surface area contributed by atoms with Crippen LogP contribution in [0.25, 0.3) is 0 Å². The van der Waals surface area contributed by atoms with Gasteiger partial charge in [-0.1, -0.05) is 16.9 Å². The molecule has 0 amide bonds. The van der Waals surface area contributed by atoms with Crippen LogP contribution in [0.5, 0.6) is 0 Å². The van der Waals surface area contributed by atoms with Crippen molar-refractivity contribution < 1.29 is 10.0 Å². The normalized spacial score (nSPS) is 23.9. The van der Waals surface area contributed by atoms with Gasteiger partial charge in [0.25, 0.3) is 0 Å².